The average Bonchev–Trinajstić information content (AvgIpc) is 2.52. The van der Waals surface area contributed by atoms with Gasteiger partial charge in [0.15, 0.2) is 0 Å². The maximum Gasteiger partial charge on any atom is 0.401 e. The van der Waals surface area contributed by atoms with E-state index in [1.807, 2.05) is 0 Å². The van der Waals surface area contributed by atoms with Gasteiger partial charge in [-0.1, -0.05) is 12.8 Å². The quantitative estimate of drug-likeness (QED) is 0.766. The minimum Gasteiger partial charge on any atom is -0.329 e. The molecule has 0 unspecified atom stereocenters. The van der Waals surface area contributed by atoms with Gasteiger partial charge in [0.1, 0.15) is 0 Å². The highest BCUT2D eigenvalue weighted by Gasteiger charge is 2.34. The van der Waals surface area contributed by atoms with Gasteiger partial charge in [0.05, 0.1) is 6.54 Å². The zero-order valence-electron chi connectivity index (χ0n) is 8.19. The highest BCUT2D eigenvalue weighted by molar-refractivity contribution is 4.79. The Morgan fingerprint density at radius 3 is 2.21 bits per heavy atom. The first-order valence-corrected chi connectivity index (χ1v) is 5.04. The number of halogens is 3. The topological polar surface area (TPSA) is 29.3 Å². The number of nitrogens with two attached hydrogens (primary N) is 1. The Kier molecular flexibility index (Phi) is 4.19. The Hall–Kier alpha value is -0.290. The minimum absolute atomic E-state index is 0.0974. The first kappa shape index (κ1) is 11.8. The van der Waals surface area contributed by atoms with Crippen molar-refractivity contribution < 1.29 is 13.2 Å². The van der Waals surface area contributed by atoms with Gasteiger partial charge < -0.3 is 5.73 Å². The molecule has 5 heteroatoms. The van der Waals surface area contributed by atoms with Crippen LogP contribution in [0.25, 0.3) is 0 Å². The zero-order valence-corrected chi connectivity index (χ0v) is 8.19. The summed E-state index contributed by atoms with van der Waals surface area (Å²) < 4.78 is 36.6. The third-order valence-electron chi connectivity index (χ3n) is 2.64. The second kappa shape index (κ2) is 4.98. The number of hydrogen-bond donors (Lipinski definition) is 1. The summed E-state index contributed by atoms with van der Waals surface area (Å²) in [5, 5.41) is 0. The molecule has 0 aliphatic heterocycles. The molecule has 1 saturated carbocycles. The largest absolute Gasteiger partial charge is 0.401 e. The fraction of sp³-hybridized carbons (Fsp3) is 1.00. The first-order valence-electron chi connectivity index (χ1n) is 5.04. The van der Waals surface area contributed by atoms with Crippen molar-refractivity contribution in [2.24, 2.45) is 5.73 Å². The minimum atomic E-state index is -4.10. The number of rotatable bonds is 4. The van der Waals surface area contributed by atoms with E-state index in [1.54, 1.807) is 0 Å². The summed E-state index contributed by atoms with van der Waals surface area (Å²) in [6, 6.07) is 0.0974. The molecule has 0 atom stereocenters. The van der Waals surface area contributed by atoms with E-state index < -0.39 is 12.7 Å². The van der Waals surface area contributed by atoms with E-state index in [-0.39, 0.29) is 6.04 Å². The molecule has 0 aromatic heterocycles. The third-order valence-corrected chi connectivity index (χ3v) is 2.64. The molecule has 1 aliphatic carbocycles. The monoisotopic (exact) mass is 210 g/mol. The summed E-state index contributed by atoms with van der Waals surface area (Å²) in [6.45, 7) is -0.161. The lowest BCUT2D eigenvalue weighted by Crippen LogP contribution is -2.43. The van der Waals surface area contributed by atoms with Crippen molar-refractivity contribution in [1.82, 2.24) is 4.90 Å². The summed E-state index contributed by atoms with van der Waals surface area (Å²) >= 11 is 0. The molecular formula is C9H17F3N2. The molecule has 1 aliphatic rings. The lowest BCUT2D eigenvalue weighted by Gasteiger charge is -2.28. The van der Waals surface area contributed by atoms with Crippen LogP contribution in [0.3, 0.4) is 0 Å². The van der Waals surface area contributed by atoms with Crippen LogP contribution in [0.2, 0.25) is 0 Å². The number of hydrogen-bond acceptors (Lipinski definition) is 2. The highest BCUT2D eigenvalue weighted by atomic mass is 19.4. The van der Waals surface area contributed by atoms with E-state index in [0.717, 1.165) is 25.7 Å². The van der Waals surface area contributed by atoms with Crippen molar-refractivity contribution in [3.8, 4) is 0 Å². The molecule has 1 fully saturated rings. The van der Waals surface area contributed by atoms with E-state index in [9.17, 15) is 13.2 Å². The normalized spacial score (nSPS) is 19.5. The van der Waals surface area contributed by atoms with Crippen LogP contribution in [-0.4, -0.2) is 36.8 Å². The third kappa shape index (κ3) is 3.84. The molecule has 0 aromatic carbocycles. The molecule has 0 aromatic rings. The van der Waals surface area contributed by atoms with Crippen molar-refractivity contribution in [3.63, 3.8) is 0 Å². The summed E-state index contributed by atoms with van der Waals surface area (Å²) in [5.74, 6) is 0. The van der Waals surface area contributed by atoms with E-state index in [4.69, 9.17) is 5.73 Å². The second-order valence-electron chi connectivity index (χ2n) is 3.81. The maximum atomic E-state index is 12.2. The van der Waals surface area contributed by atoms with Crippen LogP contribution in [-0.2, 0) is 0 Å². The molecule has 0 amide bonds. The molecule has 0 heterocycles. The second-order valence-corrected chi connectivity index (χ2v) is 3.81. The van der Waals surface area contributed by atoms with E-state index in [0.29, 0.717) is 13.1 Å². The van der Waals surface area contributed by atoms with E-state index >= 15 is 0 Å². The summed E-state index contributed by atoms with van der Waals surface area (Å²) in [6.07, 6.45) is -0.239. The fourth-order valence-electron chi connectivity index (χ4n) is 2.06. The zero-order chi connectivity index (χ0) is 10.6. The van der Waals surface area contributed by atoms with Crippen LogP contribution < -0.4 is 5.73 Å². The highest BCUT2D eigenvalue weighted by Crippen LogP contribution is 2.26. The Morgan fingerprint density at radius 1 is 1.21 bits per heavy atom. The number of alkyl halides is 3. The summed E-state index contributed by atoms with van der Waals surface area (Å²) in [5.41, 5.74) is 5.31. The summed E-state index contributed by atoms with van der Waals surface area (Å²) in [7, 11) is 0. The molecule has 0 bridgehead atoms. The molecule has 0 spiro atoms. The molecule has 14 heavy (non-hydrogen) atoms. The van der Waals surface area contributed by atoms with Gasteiger partial charge >= 0.3 is 6.18 Å². The number of nitrogens with zero attached hydrogens (tertiary/aromatic N) is 1. The predicted octanol–water partition coefficient (Wildman–Crippen LogP) is 1.75. The van der Waals surface area contributed by atoms with E-state index in [1.165, 1.54) is 4.90 Å². The lowest BCUT2D eigenvalue weighted by molar-refractivity contribution is -0.150. The van der Waals surface area contributed by atoms with Crippen molar-refractivity contribution in [1.29, 1.82) is 0 Å². The fourth-order valence-corrected chi connectivity index (χ4v) is 2.06. The van der Waals surface area contributed by atoms with Crippen LogP contribution in [0.4, 0.5) is 13.2 Å². The smallest absolute Gasteiger partial charge is 0.329 e. The van der Waals surface area contributed by atoms with Gasteiger partial charge in [-0.25, -0.2) is 0 Å². The Morgan fingerprint density at radius 2 is 1.79 bits per heavy atom. The lowest BCUT2D eigenvalue weighted by atomic mass is 10.2. The SMILES string of the molecule is NCCN(CC(F)(F)F)C1CCCC1. The molecule has 1 rings (SSSR count). The van der Waals surface area contributed by atoms with Crippen LogP contribution >= 0.6 is 0 Å². The van der Waals surface area contributed by atoms with Crippen LogP contribution in [0, 0.1) is 0 Å². The standard InChI is InChI=1S/C9H17F3N2/c10-9(11,12)7-14(6-5-13)8-3-1-2-4-8/h8H,1-7,13H2. The molecule has 2 N–H and O–H groups in total. The average molecular weight is 210 g/mol. The molecule has 0 radical (unpaired) electrons. The van der Waals surface area contributed by atoms with Gasteiger partial charge in [0, 0.05) is 19.1 Å². The van der Waals surface area contributed by atoms with Gasteiger partial charge in [-0.2, -0.15) is 13.2 Å². The van der Waals surface area contributed by atoms with E-state index in [2.05, 4.69) is 0 Å². The molecule has 2 nitrogen and oxygen atoms in total. The van der Waals surface area contributed by atoms with Crippen molar-refractivity contribution >= 4 is 0 Å². The molecule has 84 valence electrons. The first-order chi connectivity index (χ1) is 6.53. The van der Waals surface area contributed by atoms with Gasteiger partial charge in [-0.05, 0) is 12.8 Å². The van der Waals surface area contributed by atoms with Gasteiger partial charge in [0.25, 0.3) is 0 Å². The van der Waals surface area contributed by atoms with Crippen molar-refractivity contribution in [2.45, 2.75) is 37.9 Å². The van der Waals surface area contributed by atoms with Gasteiger partial charge in [0.2, 0.25) is 0 Å². The van der Waals surface area contributed by atoms with Crippen LogP contribution in [0.5, 0.6) is 0 Å². The molecule has 0 saturated heterocycles. The van der Waals surface area contributed by atoms with Gasteiger partial charge in [-0.3, -0.25) is 4.90 Å². The van der Waals surface area contributed by atoms with Gasteiger partial charge in [-0.15, -0.1) is 0 Å². The van der Waals surface area contributed by atoms with Crippen LogP contribution in [0.1, 0.15) is 25.7 Å². The van der Waals surface area contributed by atoms with Crippen LogP contribution in [0.15, 0.2) is 0 Å². The Bertz CT molecular complexity index is 164. The van der Waals surface area contributed by atoms with Crippen molar-refractivity contribution in [2.75, 3.05) is 19.6 Å². The van der Waals surface area contributed by atoms with Crippen molar-refractivity contribution in [3.05, 3.63) is 0 Å². The maximum absolute atomic E-state index is 12.2. The Labute approximate surface area is 82.2 Å². The molecular weight excluding hydrogens is 193 g/mol. The predicted molar refractivity (Wildman–Crippen MR) is 48.9 cm³/mol. The Balaban J connectivity index is 2.45. The summed E-state index contributed by atoms with van der Waals surface area (Å²) in [4.78, 5) is 1.48.